The maximum Gasteiger partial charge on any atom is 0.220 e. The van der Waals surface area contributed by atoms with Crippen LogP contribution in [0.2, 0.25) is 0 Å². The first kappa shape index (κ1) is 17.3. The van der Waals surface area contributed by atoms with Gasteiger partial charge in [0.05, 0.1) is 6.04 Å². The molecule has 1 aromatic carbocycles. The average molecular weight is 336 g/mol. The summed E-state index contributed by atoms with van der Waals surface area (Å²) >= 11 is 0. The molecule has 1 aliphatic rings. The minimum atomic E-state index is -0.111. The molecule has 1 aromatic heterocycles. The van der Waals surface area contributed by atoms with Crippen molar-refractivity contribution in [1.82, 2.24) is 10.3 Å². The minimum absolute atomic E-state index is 0.0394. The molecule has 4 nitrogen and oxygen atoms in total. The Labute approximate surface area is 148 Å². The fourth-order valence-electron chi connectivity index (χ4n) is 3.31. The highest BCUT2D eigenvalue weighted by atomic mass is 16.2. The number of Topliss-reactive ketones (excluding diaryl/α,β-unsaturated/α-hetero) is 1. The molecule has 1 N–H and O–H groups in total. The van der Waals surface area contributed by atoms with Crippen molar-refractivity contribution < 1.29 is 9.59 Å². The summed E-state index contributed by atoms with van der Waals surface area (Å²) in [5.74, 6) is -0.0692. The van der Waals surface area contributed by atoms with Crippen molar-refractivity contribution in [2.24, 2.45) is 0 Å². The van der Waals surface area contributed by atoms with E-state index in [0.29, 0.717) is 0 Å². The smallest absolute Gasteiger partial charge is 0.220 e. The number of carbonyl (C=O) groups excluding carboxylic acids is 2. The third-order valence-corrected chi connectivity index (χ3v) is 4.81. The van der Waals surface area contributed by atoms with Crippen LogP contribution in [0, 0.1) is 0 Å². The van der Waals surface area contributed by atoms with E-state index in [9.17, 15) is 9.59 Å². The number of ketones is 1. The van der Waals surface area contributed by atoms with Crippen LogP contribution in [0.5, 0.6) is 0 Å². The molecule has 25 heavy (non-hydrogen) atoms. The van der Waals surface area contributed by atoms with Gasteiger partial charge in [0.2, 0.25) is 5.91 Å². The monoisotopic (exact) mass is 336 g/mol. The second-order valence-corrected chi connectivity index (χ2v) is 6.69. The molecule has 0 fully saturated rings. The Kier molecular flexibility index (Phi) is 5.59. The number of rotatable bonds is 6. The standard InChI is InChI=1S/C21H24N2O2/c1-15(19-7-4-12-22-14-19)23-21(25)11-10-20(24)18-9-8-16-5-2-3-6-17(16)13-18/h4,7-9,12-15H,2-3,5-6,10-11H2,1H3,(H,23,25)/t15-/m0/s1. The molecular formula is C21H24N2O2. The molecular weight excluding hydrogens is 312 g/mol. The van der Waals surface area contributed by atoms with Gasteiger partial charge in [-0.2, -0.15) is 0 Å². The molecule has 1 heterocycles. The van der Waals surface area contributed by atoms with Crippen molar-refractivity contribution in [1.29, 1.82) is 0 Å². The molecule has 0 aliphatic heterocycles. The van der Waals surface area contributed by atoms with E-state index in [-0.39, 0.29) is 30.6 Å². The molecule has 0 saturated carbocycles. The first-order valence-corrected chi connectivity index (χ1v) is 8.98. The van der Waals surface area contributed by atoms with E-state index >= 15 is 0 Å². The third-order valence-electron chi connectivity index (χ3n) is 4.81. The van der Waals surface area contributed by atoms with E-state index in [0.717, 1.165) is 24.0 Å². The second kappa shape index (κ2) is 8.06. The third kappa shape index (κ3) is 4.53. The number of hydrogen-bond acceptors (Lipinski definition) is 3. The Balaban J connectivity index is 1.52. The highest BCUT2D eigenvalue weighted by Gasteiger charge is 2.15. The van der Waals surface area contributed by atoms with Gasteiger partial charge >= 0.3 is 0 Å². The second-order valence-electron chi connectivity index (χ2n) is 6.69. The molecule has 2 aromatic rings. The topological polar surface area (TPSA) is 59.1 Å². The van der Waals surface area contributed by atoms with Crippen LogP contribution in [0.4, 0.5) is 0 Å². The van der Waals surface area contributed by atoms with E-state index in [1.54, 1.807) is 12.4 Å². The molecule has 4 heteroatoms. The highest BCUT2D eigenvalue weighted by Crippen LogP contribution is 2.23. The number of hydrogen-bond donors (Lipinski definition) is 1. The molecule has 0 radical (unpaired) electrons. The zero-order valence-electron chi connectivity index (χ0n) is 14.6. The van der Waals surface area contributed by atoms with Gasteiger partial charge in [0.1, 0.15) is 0 Å². The number of nitrogens with zero attached hydrogens (tertiary/aromatic N) is 1. The van der Waals surface area contributed by atoms with Crippen molar-refractivity contribution in [3.05, 3.63) is 65.0 Å². The van der Waals surface area contributed by atoms with Gasteiger partial charge in [-0.15, -0.1) is 0 Å². The van der Waals surface area contributed by atoms with E-state index < -0.39 is 0 Å². The van der Waals surface area contributed by atoms with Gasteiger partial charge in [-0.05, 0) is 61.4 Å². The lowest BCUT2D eigenvalue weighted by Gasteiger charge is -2.16. The molecule has 1 atom stereocenters. The molecule has 3 rings (SSSR count). The Bertz CT molecular complexity index is 756. The number of benzene rings is 1. The highest BCUT2D eigenvalue weighted by molar-refractivity contribution is 5.98. The number of fused-ring (bicyclic) bond motifs is 1. The summed E-state index contributed by atoms with van der Waals surface area (Å²) in [5, 5.41) is 2.92. The summed E-state index contributed by atoms with van der Waals surface area (Å²) in [5.41, 5.74) is 4.35. The van der Waals surface area contributed by atoms with Gasteiger partial charge in [0, 0.05) is 30.8 Å². The lowest BCUT2D eigenvalue weighted by Crippen LogP contribution is -2.27. The van der Waals surface area contributed by atoms with E-state index in [4.69, 9.17) is 0 Å². The van der Waals surface area contributed by atoms with Gasteiger partial charge in [-0.3, -0.25) is 14.6 Å². The molecule has 1 amide bonds. The van der Waals surface area contributed by atoms with Crippen LogP contribution >= 0.6 is 0 Å². The van der Waals surface area contributed by atoms with Gasteiger partial charge in [0.15, 0.2) is 5.78 Å². The van der Waals surface area contributed by atoms with E-state index in [2.05, 4.69) is 16.4 Å². The number of amides is 1. The van der Waals surface area contributed by atoms with Crippen molar-refractivity contribution >= 4 is 11.7 Å². The first-order valence-electron chi connectivity index (χ1n) is 8.98. The van der Waals surface area contributed by atoms with Crippen LogP contribution in [0.25, 0.3) is 0 Å². The lowest BCUT2D eigenvalue weighted by molar-refractivity contribution is -0.121. The quantitative estimate of drug-likeness (QED) is 0.816. The average Bonchev–Trinajstić information content (AvgIpc) is 2.66. The molecule has 0 spiro atoms. The molecule has 0 saturated heterocycles. The van der Waals surface area contributed by atoms with Gasteiger partial charge in [0.25, 0.3) is 0 Å². The number of nitrogens with one attached hydrogen (secondary N) is 1. The van der Waals surface area contributed by atoms with Crippen LogP contribution in [0.3, 0.4) is 0 Å². The van der Waals surface area contributed by atoms with Crippen molar-refractivity contribution in [2.45, 2.75) is 51.5 Å². The normalized spacial score (nSPS) is 14.4. The van der Waals surface area contributed by atoms with Crippen molar-refractivity contribution in [3.8, 4) is 0 Å². The maximum atomic E-state index is 12.4. The van der Waals surface area contributed by atoms with Crippen LogP contribution in [-0.4, -0.2) is 16.7 Å². The predicted molar refractivity (Wildman–Crippen MR) is 97.4 cm³/mol. The fourth-order valence-corrected chi connectivity index (χ4v) is 3.31. The largest absolute Gasteiger partial charge is 0.350 e. The summed E-state index contributed by atoms with van der Waals surface area (Å²) in [6, 6.07) is 9.66. The van der Waals surface area contributed by atoms with Crippen molar-refractivity contribution in [2.75, 3.05) is 0 Å². The number of aromatic nitrogens is 1. The summed E-state index contributed by atoms with van der Waals surface area (Å²) in [7, 11) is 0. The van der Waals surface area contributed by atoms with Crippen LogP contribution < -0.4 is 5.32 Å². The SMILES string of the molecule is C[C@H](NC(=O)CCC(=O)c1ccc2c(c1)CCCC2)c1cccnc1. The molecule has 0 unspecified atom stereocenters. The Morgan fingerprint density at radius 1 is 1.12 bits per heavy atom. The summed E-state index contributed by atoms with van der Waals surface area (Å²) in [6.45, 7) is 1.92. The van der Waals surface area contributed by atoms with E-state index in [1.807, 2.05) is 31.2 Å². The Morgan fingerprint density at radius 3 is 2.68 bits per heavy atom. The van der Waals surface area contributed by atoms with Gasteiger partial charge in [-0.25, -0.2) is 0 Å². The maximum absolute atomic E-state index is 12.4. The van der Waals surface area contributed by atoms with Crippen molar-refractivity contribution in [3.63, 3.8) is 0 Å². The summed E-state index contributed by atoms with van der Waals surface area (Å²) < 4.78 is 0. The van der Waals surface area contributed by atoms with E-state index in [1.165, 1.54) is 24.0 Å². The Hall–Kier alpha value is -2.49. The zero-order valence-corrected chi connectivity index (χ0v) is 14.6. The molecule has 0 bridgehead atoms. The molecule has 130 valence electrons. The van der Waals surface area contributed by atoms with Crippen LogP contribution in [0.1, 0.15) is 65.7 Å². The first-order chi connectivity index (χ1) is 12.1. The fraction of sp³-hybridized carbons (Fsp3) is 0.381. The zero-order chi connectivity index (χ0) is 17.6. The lowest BCUT2D eigenvalue weighted by atomic mass is 9.89. The van der Waals surface area contributed by atoms with Crippen LogP contribution in [-0.2, 0) is 17.6 Å². The Morgan fingerprint density at radius 2 is 1.92 bits per heavy atom. The predicted octanol–water partition coefficient (Wildman–Crippen LogP) is 3.80. The minimum Gasteiger partial charge on any atom is -0.350 e. The molecule has 1 aliphatic carbocycles. The van der Waals surface area contributed by atoms with Crippen LogP contribution in [0.15, 0.2) is 42.7 Å². The number of aryl methyl sites for hydroxylation is 2. The summed E-state index contributed by atoms with van der Waals surface area (Å²) in [4.78, 5) is 28.6. The summed E-state index contributed by atoms with van der Waals surface area (Å²) in [6.07, 6.45) is 8.48. The number of pyridine rings is 1. The van der Waals surface area contributed by atoms with Gasteiger partial charge < -0.3 is 5.32 Å². The van der Waals surface area contributed by atoms with Gasteiger partial charge in [-0.1, -0.05) is 18.2 Å². The number of carbonyl (C=O) groups is 2.